The lowest BCUT2D eigenvalue weighted by molar-refractivity contribution is 0.122. The lowest BCUT2D eigenvalue weighted by atomic mass is 10.2. The first-order valence-corrected chi connectivity index (χ1v) is 13.1. The normalized spacial score (nSPS) is 17.1. The maximum Gasteiger partial charge on any atom is 0.178 e. The molecule has 0 spiro atoms. The van der Waals surface area contributed by atoms with E-state index in [4.69, 9.17) is 14.7 Å². The van der Waals surface area contributed by atoms with Crippen LogP contribution in [0.25, 0.3) is 32.8 Å². The molecule has 11 heteroatoms. The van der Waals surface area contributed by atoms with Gasteiger partial charge in [0.25, 0.3) is 0 Å². The molecule has 6 rings (SSSR count). The zero-order chi connectivity index (χ0) is 23.3. The van der Waals surface area contributed by atoms with Crippen molar-refractivity contribution in [2.24, 2.45) is 0 Å². The van der Waals surface area contributed by atoms with Crippen LogP contribution >= 0.6 is 24.0 Å². The van der Waals surface area contributed by atoms with E-state index in [1.807, 2.05) is 6.07 Å². The quantitative estimate of drug-likeness (QED) is 0.414. The average Bonchev–Trinajstić information content (AvgIpc) is 3.32. The second-order valence-corrected chi connectivity index (χ2v) is 9.17. The Morgan fingerprint density at radius 2 is 1.79 bits per heavy atom. The third kappa shape index (κ3) is 4.98. The van der Waals surface area contributed by atoms with Crippen LogP contribution in [-0.2, 0) is 11.3 Å². The van der Waals surface area contributed by atoms with Crippen LogP contribution in [0.15, 0.2) is 30.7 Å². The predicted octanol–water partition coefficient (Wildman–Crippen LogP) is 2.48. The summed E-state index contributed by atoms with van der Waals surface area (Å²) < 4.78 is 5.58. The van der Waals surface area contributed by atoms with E-state index in [1.165, 1.54) is 4.88 Å². The minimum Gasteiger partial charge on any atom is -0.378 e. The van der Waals surface area contributed by atoms with Gasteiger partial charge in [-0.2, -0.15) is 12.6 Å². The first kappa shape index (κ1) is 23.3. The van der Waals surface area contributed by atoms with Crippen LogP contribution in [0.5, 0.6) is 0 Å². The summed E-state index contributed by atoms with van der Waals surface area (Å²) in [6, 6.07) is 4.25. The third-order valence-electron chi connectivity index (χ3n) is 5.91. The molecule has 0 bridgehead atoms. The lowest BCUT2D eigenvalue weighted by Crippen LogP contribution is -2.42. The van der Waals surface area contributed by atoms with Gasteiger partial charge in [-0.05, 0) is 18.4 Å². The fourth-order valence-corrected chi connectivity index (χ4v) is 5.31. The number of hydrogen-bond acceptors (Lipinski definition) is 11. The van der Waals surface area contributed by atoms with Crippen molar-refractivity contribution in [1.29, 1.82) is 0 Å². The van der Waals surface area contributed by atoms with Gasteiger partial charge in [0.05, 0.1) is 18.6 Å². The van der Waals surface area contributed by atoms with Crippen molar-refractivity contribution < 1.29 is 4.74 Å². The van der Waals surface area contributed by atoms with Gasteiger partial charge in [-0.25, -0.2) is 19.9 Å². The maximum atomic E-state index is 5.58. The zero-order valence-corrected chi connectivity index (χ0v) is 20.9. The number of fused-ring (bicyclic) bond motifs is 2. The molecular weight excluding hydrogens is 468 g/mol. The number of rotatable bonds is 4. The third-order valence-corrected chi connectivity index (χ3v) is 6.92. The van der Waals surface area contributed by atoms with Gasteiger partial charge < -0.3 is 15.0 Å². The van der Waals surface area contributed by atoms with Gasteiger partial charge in [0.1, 0.15) is 16.2 Å². The van der Waals surface area contributed by atoms with Crippen LogP contribution in [0, 0.1) is 0 Å². The number of anilines is 1. The number of pyridine rings is 1. The van der Waals surface area contributed by atoms with Crippen LogP contribution in [0.4, 0.5) is 5.82 Å². The maximum absolute atomic E-state index is 5.58. The van der Waals surface area contributed by atoms with Crippen LogP contribution in [0.1, 0.15) is 4.88 Å². The number of aromatic nitrogens is 5. The number of piperazine rings is 1. The minimum absolute atomic E-state index is 0.625. The fourth-order valence-electron chi connectivity index (χ4n) is 4.25. The number of ether oxygens (including phenoxy) is 1. The summed E-state index contributed by atoms with van der Waals surface area (Å²) in [5, 5.41) is 4.55. The summed E-state index contributed by atoms with van der Waals surface area (Å²) in [6.45, 7) is 8.28. The molecule has 2 fully saturated rings. The van der Waals surface area contributed by atoms with Crippen LogP contribution in [0.2, 0.25) is 0 Å². The van der Waals surface area contributed by atoms with Crippen LogP contribution in [0.3, 0.4) is 0 Å². The summed E-state index contributed by atoms with van der Waals surface area (Å²) >= 11 is 5.29. The molecule has 4 aromatic rings. The van der Waals surface area contributed by atoms with E-state index in [0.29, 0.717) is 24.7 Å². The number of thiophene rings is 1. The highest BCUT2D eigenvalue weighted by Gasteiger charge is 2.21. The molecule has 0 atom stereocenters. The second-order valence-electron chi connectivity index (χ2n) is 8.05. The monoisotopic (exact) mass is 496 g/mol. The molecule has 34 heavy (non-hydrogen) atoms. The summed E-state index contributed by atoms with van der Waals surface area (Å²) in [6.07, 6.45) is 6.81. The largest absolute Gasteiger partial charge is 0.378 e. The number of nitrogens with zero attached hydrogens (tertiary/aromatic N) is 7. The van der Waals surface area contributed by atoms with E-state index in [1.54, 1.807) is 36.2 Å². The highest BCUT2D eigenvalue weighted by atomic mass is 32.1. The van der Waals surface area contributed by atoms with Crippen molar-refractivity contribution in [3.8, 4) is 11.4 Å². The molecule has 2 saturated heterocycles. The van der Waals surface area contributed by atoms with Crippen LogP contribution < -0.4 is 10.2 Å². The molecule has 178 valence electrons. The van der Waals surface area contributed by atoms with Crippen molar-refractivity contribution in [2.45, 2.75) is 6.54 Å². The molecule has 0 amide bonds. The molecule has 0 radical (unpaired) electrons. The Morgan fingerprint density at radius 3 is 2.62 bits per heavy atom. The van der Waals surface area contributed by atoms with Crippen molar-refractivity contribution >= 4 is 51.2 Å². The smallest absolute Gasteiger partial charge is 0.178 e. The molecule has 0 aromatic carbocycles. The van der Waals surface area contributed by atoms with Crippen LogP contribution in [-0.4, -0.2) is 88.6 Å². The zero-order valence-electron chi connectivity index (χ0n) is 19.1. The van der Waals surface area contributed by atoms with Gasteiger partial charge in [-0.1, -0.05) is 0 Å². The summed E-state index contributed by atoms with van der Waals surface area (Å²) in [5.74, 6) is 1.66. The molecule has 0 aliphatic carbocycles. The highest BCUT2D eigenvalue weighted by Crippen LogP contribution is 2.34. The Bertz CT molecular complexity index is 1250. The van der Waals surface area contributed by atoms with Crippen molar-refractivity contribution in [1.82, 2.24) is 35.1 Å². The minimum atomic E-state index is 0.625. The number of hydrogen-bond donors (Lipinski definition) is 2. The predicted molar refractivity (Wildman–Crippen MR) is 140 cm³/mol. The summed E-state index contributed by atoms with van der Waals surface area (Å²) in [5.41, 5.74) is 2.22. The van der Waals surface area contributed by atoms with E-state index in [2.05, 4.69) is 48.8 Å². The summed E-state index contributed by atoms with van der Waals surface area (Å²) in [7, 11) is 0. The van der Waals surface area contributed by atoms with Gasteiger partial charge >= 0.3 is 0 Å². The second kappa shape index (κ2) is 10.9. The molecule has 1 N–H and O–H groups in total. The van der Waals surface area contributed by atoms with E-state index >= 15 is 0 Å². The molecule has 6 heterocycles. The number of morpholine rings is 1. The molecular formula is C23H28N8OS2. The summed E-state index contributed by atoms with van der Waals surface area (Å²) in [4.78, 5) is 30.2. The van der Waals surface area contributed by atoms with Gasteiger partial charge in [0, 0.05) is 74.8 Å². The van der Waals surface area contributed by atoms with Gasteiger partial charge in [0.2, 0.25) is 0 Å². The average molecular weight is 497 g/mol. The van der Waals surface area contributed by atoms with E-state index < -0.39 is 0 Å². The fraction of sp³-hybridized carbons (Fsp3) is 0.435. The number of thiol groups is 1. The molecule has 0 saturated carbocycles. The number of nitrogens with one attached hydrogen (secondary N) is 1. The van der Waals surface area contributed by atoms with E-state index in [9.17, 15) is 0 Å². The van der Waals surface area contributed by atoms with Crippen molar-refractivity contribution in [3.05, 3.63) is 35.6 Å². The van der Waals surface area contributed by atoms with Crippen molar-refractivity contribution in [3.63, 3.8) is 0 Å². The van der Waals surface area contributed by atoms with Crippen molar-refractivity contribution in [2.75, 3.05) is 63.6 Å². The van der Waals surface area contributed by atoms with Gasteiger partial charge in [-0.15, -0.1) is 11.3 Å². The molecule has 9 nitrogen and oxygen atoms in total. The van der Waals surface area contributed by atoms with Gasteiger partial charge in [0.15, 0.2) is 11.5 Å². The first-order valence-electron chi connectivity index (χ1n) is 11.4. The highest BCUT2D eigenvalue weighted by molar-refractivity contribution is 7.79. The Morgan fingerprint density at radius 1 is 1.00 bits per heavy atom. The molecule has 0 unspecified atom stereocenters. The Labute approximate surface area is 208 Å². The van der Waals surface area contributed by atoms with Gasteiger partial charge in [-0.3, -0.25) is 9.88 Å². The Kier molecular flexibility index (Phi) is 7.45. The van der Waals surface area contributed by atoms with E-state index in [0.717, 1.165) is 72.9 Å². The topological polar surface area (TPSA) is 92.2 Å². The molecule has 4 aromatic heterocycles. The molecule has 2 aliphatic rings. The first-order chi connectivity index (χ1) is 16.8. The Balaban J connectivity index is 0.00000117. The standard InChI is InChI=1S/C22H24N8OS.CH4S/c1-2-25-20-18(24-1)11-15(13-26-20)19-27-21(30-7-9-31-10-8-30)17-12-16(32-22(17)28-19)14-29-5-3-23-4-6-29;1-2/h1-2,11-13,23H,3-10,14H2;2H,1H3. The SMILES string of the molecule is CS.c1cnc2ncc(-c3nc(N4CCOCC4)c4cc(CN5CCNCC5)sc4n3)cc2n1. The molecule has 2 aliphatic heterocycles. The Hall–Kier alpha value is -2.44. The lowest BCUT2D eigenvalue weighted by Gasteiger charge is -2.28. The van der Waals surface area contributed by atoms with E-state index in [-0.39, 0.29) is 0 Å².